The first-order chi connectivity index (χ1) is 4.75. The molecule has 0 amide bonds. The van der Waals surface area contributed by atoms with Gasteiger partial charge >= 0.3 is 5.97 Å². The lowest BCUT2D eigenvalue weighted by atomic mass is 10.2. The smallest absolute Gasteiger partial charge is 0.337 e. The van der Waals surface area contributed by atoms with Gasteiger partial charge in [0, 0.05) is 6.42 Å². The Balaban J connectivity index is 2.79. The summed E-state index contributed by atoms with van der Waals surface area (Å²) in [6, 6.07) is 0. The minimum Gasteiger partial charge on any atom is -0.501 e. The summed E-state index contributed by atoms with van der Waals surface area (Å²) in [4.78, 5) is 10.8. The van der Waals surface area contributed by atoms with E-state index in [9.17, 15) is 4.79 Å². The molecule has 0 atom stereocenters. The van der Waals surface area contributed by atoms with Gasteiger partial charge in [0.05, 0.1) is 19.3 Å². The number of carbonyl (C=O) groups is 1. The lowest BCUT2D eigenvalue weighted by Gasteiger charge is -1.99. The van der Waals surface area contributed by atoms with E-state index >= 15 is 0 Å². The van der Waals surface area contributed by atoms with Gasteiger partial charge in [0.1, 0.15) is 5.76 Å². The average molecular weight is 142 g/mol. The lowest BCUT2D eigenvalue weighted by Crippen LogP contribution is -1.98. The third-order valence-electron chi connectivity index (χ3n) is 1.56. The molecule has 10 heavy (non-hydrogen) atoms. The number of ether oxygens (including phenoxy) is 2. The topological polar surface area (TPSA) is 35.5 Å². The van der Waals surface area contributed by atoms with Crippen molar-refractivity contribution in [1.82, 2.24) is 0 Å². The predicted octanol–water partition coefficient (Wildman–Crippen LogP) is 0.854. The van der Waals surface area contributed by atoms with Gasteiger partial charge in [-0.05, 0) is 6.92 Å². The molecule has 1 fully saturated rings. The Morgan fingerprint density at radius 3 is 2.80 bits per heavy atom. The Morgan fingerprint density at radius 2 is 2.40 bits per heavy atom. The fourth-order valence-corrected chi connectivity index (χ4v) is 0.878. The van der Waals surface area contributed by atoms with E-state index in [0.29, 0.717) is 24.4 Å². The molecule has 0 aromatic carbocycles. The van der Waals surface area contributed by atoms with Crippen molar-refractivity contribution in [3.05, 3.63) is 11.3 Å². The van der Waals surface area contributed by atoms with Crippen molar-refractivity contribution in [3.63, 3.8) is 0 Å². The summed E-state index contributed by atoms with van der Waals surface area (Å²) in [5.41, 5.74) is 0.669. The van der Waals surface area contributed by atoms with Crippen LogP contribution in [-0.2, 0) is 14.3 Å². The zero-order valence-corrected chi connectivity index (χ0v) is 6.14. The number of carbonyl (C=O) groups excluding carboxylic acids is 1. The van der Waals surface area contributed by atoms with Crippen LogP contribution in [0.5, 0.6) is 0 Å². The third kappa shape index (κ3) is 1.12. The highest BCUT2D eigenvalue weighted by Crippen LogP contribution is 2.17. The second-order valence-corrected chi connectivity index (χ2v) is 2.12. The number of rotatable bonds is 1. The lowest BCUT2D eigenvalue weighted by molar-refractivity contribution is -0.135. The summed E-state index contributed by atoms with van der Waals surface area (Å²) in [6.45, 7) is 2.26. The molecule has 1 aliphatic rings. The summed E-state index contributed by atoms with van der Waals surface area (Å²) in [5, 5.41) is 0. The maximum Gasteiger partial charge on any atom is 0.337 e. The number of allylic oxidation sites excluding steroid dienone is 1. The van der Waals surface area contributed by atoms with Crippen molar-refractivity contribution < 1.29 is 14.3 Å². The molecule has 3 nitrogen and oxygen atoms in total. The third-order valence-corrected chi connectivity index (χ3v) is 1.56. The number of hydrogen-bond acceptors (Lipinski definition) is 3. The van der Waals surface area contributed by atoms with Crippen LogP contribution in [-0.4, -0.2) is 19.7 Å². The van der Waals surface area contributed by atoms with Gasteiger partial charge in [-0.1, -0.05) is 0 Å². The summed E-state index contributed by atoms with van der Waals surface area (Å²) in [7, 11) is 1.55. The number of esters is 1. The Bertz CT molecular complexity index is 181. The van der Waals surface area contributed by atoms with Crippen molar-refractivity contribution in [2.75, 3.05) is 13.7 Å². The summed E-state index contributed by atoms with van der Waals surface area (Å²) in [5.74, 6) is 0.432. The molecule has 0 aromatic heterocycles. The van der Waals surface area contributed by atoms with Gasteiger partial charge in [-0.2, -0.15) is 0 Å². The molecule has 0 radical (unpaired) electrons. The fourth-order valence-electron chi connectivity index (χ4n) is 0.878. The molecule has 0 saturated carbocycles. The molecular formula is C7H10O3. The van der Waals surface area contributed by atoms with Gasteiger partial charge in [-0.15, -0.1) is 0 Å². The van der Waals surface area contributed by atoms with E-state index in [1.807, 2.05) is 0 Å². The molecule has 0 bridgehead atoms. The minimum atomic E-state index is -0.237. The molecule has 0 aromatic rings. The van der Waals surface area contributed by atoms with E-state index in [-0.39, 0.29) is 5.97 Å². The molecule has 0 spiro atoms. The van der Waals surface area contributed by atoms with E-state index in [1.54, 1.807) is 14.0 Å². The van der Waals surface area contributed by atoms with Gasteiger partial charge in [0.2, 0.25) is 0 Å². The highest BCUT2D eigenvalue weighted by atomic mass is 16.5. The van der Waals surface area contributed by atoms with Gasteiger partial charge in [0.25, 0.3) is 0 Å². The van der Waals surface area contributed by atoms with E-state index in [1.165, 1.54) is 0 Å². The standard InChI is InChI=1S/C7H10O3/c1-5(9-2)6-3-4-10-7(6)8/h3-4H2,1-2H3/b6-5+. The first-order valence-corrected chi connectivity index (χ1v) is 3.16. The first kappa shape index (κ1) is 7.12. The highest BCUT2D eigenvalue weighted by Gasteiger charge is 2.21. The molecule has 1 heterocycles. The molecule has 0 N–H and O–H groups in total. The van der Waals surface area contributed by atoms with Crippen LogP contribution in [0.25, 0.3) is 0 Å². The molecule has 1 rings (SSSR count). The van der Waals surface area contributed by atoms with Crippen LogP contribution in [0.3, 0.4) is 0 Å². The van der Waals surface area contributed by atoms with Crippen LogP contribution in [0, 0.1) is 0 Å². The fraction of sp³-hybridized carbons (Fsp3) is 0.571. The van der Waals surface area contributed by atoms with Gasteiger partial charge in [-0.25, -0.2) is 4.79 Å². The Hall–Kier alpha value is -0.990. The van der Waals surface area contributed by atoms with Crippen LogP contribution in [0.2, 0.25) is 0 Å². The van der Waals surface area contributed by atoms with Crippen molar-refractivity contribution in [2.45, 2.75) is 13.3 Å². The molecule has 3 heteroatoms. The zero-order chi connectivity index (χ0) is 7.56. The summed E-state index contributed by atoms with van der Waals surface area (Å²) >= 11 is 0. The Kier molecular flexibility index (Phi) is 1.94. The first-order valence-electron chi connectivity index (χ1n) is 3.16. The van der Waals surface area contributed by atoms with E-state index in [2.05, 4.69) is 0 Å². The van der Waals surface area contributed by atoms with Crippen molar-refractivity contribution in [2.24, 2.45) is 0 Å². The van der Waals surface area contributed by atoms with E-state index in [4.69, 9.17) is 9.47 Å². The van der Waals surface area contributed by atoms with Crippen molar-refractivity contribution in [3.8, 4) is 0 Å². The number of hydrogen-bond donors (Lipinski definition) is 0. The summed E-state index contributed by atoms with van der Waals surface area (Å²) in [6.07, 6.45) is 0.679. The van der Waals surface area contributed by atoms with E-state index in [0.717, 1.165) is 0 Å². The quantitative estimate of drug-likeness (QED) is 0.309. The Labute approximate surface area is 59.6 Å². The number of cyclic esters (lactones) is 1. The SMILES string of the molecule is CO/C(C)=C1\CCOC1=O. The molecular weight excluding hydrogens is 132 g/mol. The van der Waals surface area contributed by atoms with Crippen LogP contribution >= 0.6 is 0 Å². The molecule has 0 aliphatic carbocycles. The van der Waals surface area contributed by atoms with Gasteiger partial charge in [-0.3, -0.25) is 0 Å². The second-order valence-electron chi connectivity index (χ2n) is 2.12. The summed E-state index contributed by atoms with van der Waals surface area (Å²) < 4.78 is 9.59. The normalized spacial score (nSPS) is 22.4. The van der Waals surface area contributed by atoms with Crippen molar-refractivity contribution >= 4 is 5.97 Å². The maximum atomic E-state index is 10.8. The molecule has 1 saturated heterocycles. The molecule has 1 aliphatic heterocycles. The largest absolute Gasteiger partial charge is 0.501 e. The van der Waals surface area contributed by atoms with Crippen LogP contribution in [0.15, 0.2) is 11.3 Å². The second kappa shape index (κ2) is 2.73. The van der Waals surface area contributed by atoms with Gasteiger partial charge in [0.15, 0.2) is 0 Å². The predicted molar refractivity (Wildman–Crippen MR) is 35.3 cm³/mol. The van der Waals surface area contributed by atoms with E-state index < -0.39 is 0 Å². The maximum absolute atomic E-state index is 10.8. The minimum absolute atomic E-state index is 0.237. The van der Waals surface area contributed by atoms with Crippen LogP contribution in [0.1, 0.15) is 13.3 Å². The monoisotopic (exact) mass is 142 g/mol. The molecule has 0 unspecified atom stereocenters. The average Bonchev–Trinajstić information content (AvgIpc) is 2.34. The number of methoxy groups -OCH3 is 1. The van der Waals surface area contributed by atoms with Crippen molar-refractivity contribution in [1.29, 1.82) is 0 Å². The zero-order valence-electron chi connectivity index (χ0n) is 6.14. The highest BCUT2D eigenvalue weighted by molar-refractivity contribution is 5.90. The van der Waals surface area contributed by atoms with Crippen LogP contribution < -0.4 is 0 Å². The van der Waals surface area contributed by atoms with Crippen LogP contribution in [0.4, 0.5) is 0 Å². The Morgan fingerprint density at radius 1 is 1.70 bits per heavy atom. The van der Waals surface area contributed by atoms with Gasteiger partial charge < -0.3 is 9.47 Å². The molecule has 56 valence electrons.